The predicted octanol–water partition coefficient (Wildman–Crippen LogP) is 4.27. The Labute approximate surface area is 128 Å². The molecular formula is C16H20N2S2. The SMILES string of the molecule is NCCc1sc(C2CCCCS2)nc1-c1ccccc1. The topological polar surface area (TPSA) is 38.9 Å². The lowest BCUT2D eigenvalue weighted by Gasteiger charge is -2.18. The zero-order chi connectivity index (χ0) is 13.8. The lowest BCUT2D eigenvalue weighted by atomic mass is 10.1. The number of hydrogen-bond donors (Lipinski definition) is 1. The van der Waals surface area contributed by atoms with Gasteiger partial charge in [0.15, 0.2) is 0 Å². The summed E-state index contributed by atoms with van der Waals surface area (Å²) in [6.07, 6.45) is 4.89. The molecule has 4 heteroatoms. The molecule has 1 unspecified atom stereocenters. The van der Waals surface area contributed by atoms with E-state index in [1.807, 2.05) is 11.3 Å². The average molecular weight is 304 g/mol. The van der Waals surface area contributed by atoms with Gasteiger partial charge >= 0.3 is 0 Å². The van der Waals surface area contributed by atoms with Crippen LogP contribution in [0.15, 0.2) is 30.3 Å². The third-order valence-electron chi connectivity index (χ3n) is 3.59. The third-order valence-corrected chi connectivity index (χ3v) is 6.35. The molecule has 0 radical (unpaired) electrons. The van der Waals surface area contributed by atoms with E-state index < -0.39 is 0 Å². The maximum absolute atomic E-state index is 5.77. The van der Waals surface area contributed by atoms with Crippen molar-refractivity contribution in [1.29, 1.82) is 0 Å². The third kappa shape index (κ3) is 3.08. The molecule has 0 saturated carbocycles. The molecular weight excluding hydrogens is 284 g/mol. The van der Waals surface area contributed by atoms with Gasteiger partial charge in [-0.25, -0.2) is 4.98 Å². The number of nitrogens with zero attached hydrogens (tertiary/aromatic N) is 1. The Kier molecular flexibility index (Phi) is 4.76. The second-order valence-corrected chi connectivity index (χ2v) is 7.51. The van der Waals surface area contributed by atoms with E-state index in [-0.39, 0.29) is 0 Å². The van der Waals surface area contributed by atoms with Gasteiger partial charge in [-0.1, -0.05) is 36.8 Å². The van der Waals surface area contributed by atoms with Gasteiger partial charge in [0, 0.05) is 10.4 Å². The van der Waals surface area contributed by atoms with Crippen LogP contribution in [-0.4, -0.2) is 17.3 Å². The molecule has 3 rings (SSSR count). The van der Waals surface area contributed by atoms with Crippen LogP contribution in [0.1, 0.15) is 34.4 Å². The summed E-state index contributed by atoms with van der Waals surface area (Å²) in [4.78, 5) is 6.31. The summed E-state index contributed by atoms with van der Waals surface area (Å²) < 4.78 is 0. The summed E-state index contributed by atoms with van der Waals surface area (Å²) in [5.74, 6) is 1.27. The van der Waals surface area contributed by atoms with Gasteiger partial charge in [-0.2, -0.15) is 11.8 Å². The van der Waals surface area contributed by atoms with E-state index in [1.54, 1.807) is 0 Å². The fourth-order valence-electron chi connectivity index (χ4n) is 2.57. The first-order valence-electron chi connectivity index (χ1n) is 7.25. The van der Waals surface area contributed by atoms with Crippen LogP contribution in [0, 0.1) is 0 Å². The second-order valence-electron chi connectivity index (χ2n) is 5.08. The summed E-state index contributed by atoms with van der Waals surface area (Å²) in [5.41, 5.74) is 8.15. The van der Waals surface area contributed by atoms with Crippen LogP contribution in [0.25, 0.3) is 11.3 Å². The first-order valence-corrected chi connectivity index (χ1v) is 9.11. The summed E-state index contributed by atoms with van der Waals surface area (Å²) in [5, 5.41) is 1.90. The summed E-state index contributed by atoms with van der Waals surface area (Å²) in [6.45, 7) is 0.694. The molecule has 2 N–H and O–H groups in total. The Morgan fingerprint density at radius 2 is 2.05 bits per heavy atom. The molecule has 2 aromatic rings. The van der Waals surface area contributed by atoms with Gasteiger partial charge in [-0.05, 0) is 31.6 Å². The van der Waals surface area contributed by atoms with Gasteiger partial charge < -0.3 is 5.73 Å². The minimum atomic E-state index is 0.600. The van der Waals surface area contributed by atoms with Crippen molar-refractivity contribution in [2.75, 3.05) is 12.3 Å². The van der Waals surface area contributed by atoms with E-state index in [9.17, 15) is 0 Å². The maximum Gasteiger partial charge on any atom is 0.107 e. The Hall–Kier alpha value is -0.840. The Morgan fingerprint density at radius 1 is 1.20 bits per heavy atom. The largest absolute Gasteiger partial charge is 0.330 e. The lowest BCUT2D eigenvalue weighted by Crippen LogP contribution is -2.02. The van der Waals surface area contributed by atoms with Gasteiger partial charge in [0.05, 0.1) is 10.9 Å². The van der Waals surface area contributed by atoms with E-state index >= 15 is 0 Å². The molecule has 1 atom stereocenters. The Bertz CT molecular complexity index is 545. The zero-order valence-corrected chi connectivity index (χ0v) is 13.2. The van der Waals surface area contributed by atoms with Crippen LogP contribution in [-0.2, 0) is 6.42 Å². The Morgan fingerprint density at radius 3 is 2.75 bits per heavy atom. The molecule has 1 fully saturated rings. The van der Waals surface area contributed by atoms with Crippen LogP contribution in [0.2, 0.25) is 0 Å². The lowest BCUT2D eigenvalue weighted by molar-refractivity contribution is 0.684. The standard InChI is InChI=1S/C16H20N2S2/c17-10-9-13-15(12-6-2-1-3-7-12)18-16(20-13)14-8-4-5-11-19-14/h1-3,6-7,14H,4-5,8-11,17H2. The number of benzene rings is 1. The maximum atomic E-state index is 5.77. The van der Waals surface area contributed by atoms with Crippen molar-refractivity contribution in [2.24, 2.45) is 5.73 Å². The van der Waals surface area contributed by atoms with E-state index in [2.05, 4.69) is 42.1 Å². The number of thiazole rings is 1. The van der Waals surface area contributed by atoms with Gasteiger partial charge in [-0.3, -0.25) is 0 Å². The molecule has 2 nitrogen and oxygen atoms in total. The molecule has 1 aliphatic rings. The molecule has 1 aliphatic heterocycles. The van der Waals surface area contributed by atoms with Gasteiger partial charge in [-0.15, -0.1) is 11.3 Å². The fourth-order valence-corrected chi connectivity index (χ4v) is 5.22. The van der Waals surface area contributed by atoms with Crippen molar-refractivity contribution in [1.82, 2.24) is 4.98 Å². The predicted molar refractivity (Wildman–Crippen MR) is 89.4 cm³/mol. The van der Waals surface area contributed by atoms with E-state index in [0.717, 1.165) is 12.1 Å². The molecule has 0 amide bonds. The zero-order valence-electron chi connectivity index (χ0n) is 11.5. The molecule has 106 valence electrons. The molecule has 20 heavy (non-hydrogen) atoms. The Balaban J connectivity index is 1.93. The molecule has 1 aromatic heterocycles. The quantitative estimate of drug-likeness (QED) is 0.917. The van der Waals surface area contributed by atoms with Gasteiger partial charge in [0.25, 0.3) is 0 Å². The number of hydrogen-bond acceptors (Lipinski definition) is 4. The first kappa shape index (κ1) is 14.1. The molecule has 2 heterocycles. The van der Waals surface area contributed by atoms with Crippen molar-refractivity contribution in [3.63, 3.8) is 0 Å². The van der Waals surface area contributed by atoms with E-state index in [4.69, 9.17) is 10.7 Å². The summed E-state index contributed by atoms with van der Waals surface area (Å²) in [6, 6.07) is 10.5. The van der Waals surface area contributed by atoms with E-state index in [0.29, 0.717) is 11.8 Å². The number of rotatable bonds is 4. The molecule has 0 aliphatic carbocycles. The van der Waals surface area contributed by atoms with Crippen LogP contribution >= 0.6 is 23.1 Å². The molecule has 0 bridgehead atoms. The number of nitrogens with two attached hydrogens (primary N) is 1. The monoisotopic (exact) mass is 304 g/mol. The smallest absolute Gasteiger partial charge is 0.107 e. The van der Waals surface area contributed by atoms with Crippen LogP contribution in [0.4, 0.5) is 0 Å². The van der Waals surface area contributed by atoms with Gasteiger partial charge in [0.2, 0.25) is 0 Å². The highest BCUT2D eigenvalue weighted by molar-refractivity contribution is 7.99. The van der Waals surface area contributed by atoms with Crippen LogP contribution in [0.5, 0.6) is 0 Å². The van der Waals surface area contributed by atoms with Crippen molar-refractivity contribution in [3.8, 4) is 11.3 Å². The fraction of sp³-hybridized carbons (Fsp3) is 0.438. The van der Waals surface area contributed by atoms with Crippen LogP contribution in [0.3, 0.4) is 0 Å². The second kappa shape index (κ2) is 6.74. The summed E-state index contributed by atoms with van der Waals surface area (Å²) >= 11 is 3.94. The first-order chi connectivity index (χ1) is 9.88. The van der Waals surface area contributed by atoms with Crippen molar-refractivity contribution in [2.45, 2.75) is 30.9 Å². The number of thioether (sulfide) groups is 1. The summed E-state index contributed by atoms with van der Waals surface area (Å²) in [7, 11) is 0. The minimum Gasteiger partial charge on any atom is -0.330 e. The van der Waals surface area contributed by atoms with Gasteiger partial charge in [0.1, 0.15) is 5.01 Å². The molecule has 0 spiro atoms. The highest BCUT2D eigenvalue weighted by atomic mass is 32.2. The van der Waals surface area contributed by atoms with Crippen molar-refractivity contribution < 1.29 is 0 Å². The van der Waals surface area contributed by atoms with Crippen molar-refractivity contribution in [3.05, 3.63) is 40.2 Å². The van der Waals surface area contributed by atoms with E-state index in [1.165, 1.54) is 40.5 Å². The van der Waals surface area contributed by atoms with Crippen molar-refractivity contribution >= 4 is 23.1 Å². The van der Waals surface area contributed by atoms with Crippen LogP contribution < -0.4 is 5.73 Å². The number of aromatic nitrogens is 1. The highest BCUT2D eigenvalue weighted by Gasteiger charge is 2.22. The minimum absolute atomic E-state index is 0.600. The highest BCUT2D eigenvalue weighted by Crippen LogP contribution is 2.42. The normalized spacial score (nSPS) is 19.1. The molecule has 1 saturated heterocycles. The average Bonchev–Trinajstić information content (AvgIpc) is 2.94. The molecule has 1 aromatic carbocycles.